The lowest BCUT2D eigenvalue weighted by atomic mass is 10.2. The summed E-state index contributed by atoms with van der Waals surface area (Å²) in [6, 6.07) is 5.94. The molecule has 0 aromatic heterocycles. The molecule has 0 unspecified atom stereocenters. The minimum Gasteiger partial charge on any atom is -0.323 e. The topological polar surface area (TPSA) is 38.4 Å². The monoisotopic (exact) mass is 212 g/mol. The van der Waals surface area contributed by atoms with Gasteiger partial charge in [-0.15, -0.1) is 0 Å². The Morgan fingerprint density at radius 1 is 1.55 bits per heavy atom. The van der Waals surface area contributed by atoms with Gasteiger partial charge < -0.3 is 5.84 Å². The van der Waals surface area contributed by atoms with E-state index in [-0.39, 0.29) is 0 Å². The van der Waals surface area contributed by atoms with Crippen molar-refractivity contribution in [2.24, 2.45) is 10.9 Å². The van der Waals surface area contributed by atoms with Crippen LogP contribution in [0.2, 0.25) is 0 Å². The maximum atomic E-state index is 5.01. The van der Waals surface area contributed by atoms with Crippen molar-refractivity contribution >= 4 is 22.1 Å². The lowest BCUT2D eigenvalue weighted by molar-refractivity contribution is 1.26. The second-order valence-electron chi connectivity index (χ2n) is 2.29. The van der Waals surface area contributed by atoms with E-state index in [4.69, 9.17) is 5.84 Å². The highest BCUT2D eigenvalue weighted by molar-refractivity contribution is 9.10. The van der Waals surface area contributed by atoms with Crippen molar-refractivity contribution < 1.29 is 0 Å². The molecule has 2 nitrogen and oxygen atoms in total. The minimum atomic E-state index is 1.02. The Morgan fingerprint density at radius 3 is 2.82 bits per heavy atom. The van der Waals surface area contributed by atoms with E-state index in [0.717, 1.165) is 10.0 Å². The summed E-state index contributed by atoms with van der Waals surface area (Å²) in [6.07, 6.45) is 1.62. The Morgan fingerprint density at radius 2 is 2.27 bits per heavy atom. The van der Waals surface area contributed by atoms with Crippen LogP contribution in [0.4, 0.5) is 0 Å². The zero-order valence-corrected chi connectivity index (χ0v) is 7.80. The molecule has 0 radical (unpaired) electrons. The van der Waals surface area contributed by atoms with Crippen LogP contribution in [0.3, 0.4) is 0 Å². The standard InChI is InChI=1S/C8H9BrN2/c1-6-4-7(5-11-10)2-3-8(6)9/h2-5H,10H2,1H3/b11-5+. The molecule has 0 bridgehead atoms. The first-order valence-corrected chi connectivity index (χ1v) is 4.03. The van der Waals surface area contributed by atoms with Crippen LogP contribution in [0.1, 0.15) is 11.1 Å². The number of rotatable bonds is 1. The molecule has 0 saturated heterocycles. The van der Waals surface area contributed by atoms with Gasteiger partial charge in [0.2, 0.25) is 0 Å². The molecule has 0 spiro atoms. The minimum absolute atomic E-state index is 1.02. The number of hydrazone groups is 1. The molecule has 2 N–H and O–H groups in total. The fraction of sp³-hybridized carbons (Fsp3) is 0.125. The number of aryl methyl sites for hydroxylation is 1. The van der Waals surface area contributed by atoms with Crippen LogP contribution in [0.5, 0.6) is 0 Å². The van der Waals surface area contributed by atoms with Gasteiger partial charge in [-0.1, -0.05) is 22.0 Å². The van der Waals surface area contributed by atoms with Gasteiger partial charge in [-0.25, -0.2) is 0 Å². The van der Waals surface area contributed by atoms with Crippen molar-refractivity contribution in [1.29, 1.82) is 0 Å². The highest BCUT2D eigenvalue weighted by atomic mass is 79.9. The Balaban J connectivity index is 3.05. The number of nitrogens with two attached hydrogens (primary N) is 1. The van der Waals surface area contributed by atoms with E-state index >= 15 is 0 Å². The van der Waals surface area contributed by atoms with Gasteiger partial charge in [-0.3, -0.25) is 0 Å². The first-order chi connectivity index (χ1) is 5.24. The second-order valence-corrected chi connectivity index (χ2v) is 3.14. The van der Waals surface area contributed by atoms with Crippen molar-refractivity contribution in [3.05, 3.63) is 33.8 Å². The van der Waals surface area contributed by atoms with Crippen molar-refractivity contribution in [3.8, 4) is 0 Å². The molecule has 11 heavy (non-hydrogen) atoms. The molecule has 1 rings (SSSR count). The molecule has 1 aromatic carbocycles. The van der Waals surface area contributed by atoms with Crippen LogP contribution in [0, 0.1) is 6.92 Å². The molecule has 0 amide bonds. The summed E-state index contributed by atoms with van der Waals surface area (Å²) in [4.78, 5) is 0. The summed E-state index contributed by atoms with van der Waals surface area (Å²) in [6.45, 7) is 2.03. The van der Waals surface area contributed by atoms with Crippen LogP contribution >= 0.6 is 15.9 Å². The summed E-state index contributed by atoms with van der Waals surface area (Å²) in [5, 5.41) is 3.44. The van der Waals surface area contributed by atoms with Gasteiger partial charge >= 0.3 is 0 Å². The molecular formula is C8H9BrN2. The van der Waals surface area contributed by atoms with Crippen molar-refractivity contribution in [2.75, 3.05) is 0 Å². The van der Waals surface area contributed by atoms with Gasteiger partial charge in [-0.2, -0.15) is 5.10 Å². The maximum Gasteiger partial charge on any atom is 0.0538 e. The van der Waals surface area contributed by atoms with Gasteiger partial charge in [-0.05, 0) is 30.2 Å². The molecule has 58 valence electrons. The lowest BCUT2D eigenvalue weighted by Crippen LogP contribution is -1.87. The average molecular weight is 213 g/mol. The zero-order chi connectivity index (χ0) is 8.27. The largest absolute Gasteiger partial charge is 0.323 e. The van der Waals surface area contributed by atoms with E-state index in [1.165, 1.54) is 5.56 Å². The maximum absolute atomic E-state index is 5.01. The Bertz CT molecular complexity index is 281. The number of halogens is 1. The Kier molecular flexibility index (Phi) is 2.65. The molecule has 3 heteroatoms. The SMILES string of the molecule is Cc1cc(/C=N/N)ccc1Br. The van der Waals surface area contributed by atoms with Gasteiger partial charge in [0.05, 0.1) is 6.21 Å². The Labute approximate surface area is 74.2 Å². The molecule has 0 aliphatic rings. The molecule has 0 aliphatic carbocycles. The normalized spacial score (nSPS) is 10.7. The molecule has 0 heterocycles. The second kappa shape index (κ2) is 3.53. The highest BCUT2D eigenvalue weighted by Gasteiger charge is 1.93. The lowest BCUT2D eigenvalue weighted by Gasteiger charge is -1.97. The third-order valence-electron chi connectivity index (χ3n) is 1.41. The third-order valence-corrected chi connectivity index (χ3v) is 2.30. The first-order valence-electron chi connectivity index (χ1n) is 3.23. The zero-order valence-electron chi connectivity index (χ0n) is 6.21. The van der Waals surface area contributed by atoms with E-state index in [2.05, 4.69) is 21.0 Å². The van der Waals surface area contributed by atoms with E-state index in [1.54, 1.807) is 6.21 Å². The number of hydrogen-bond donors (Lipinski definition) is 1. The molecular weight excluding hydrogens is 204 g/mol. The average Bonchev–Trinajstić information content (AvgIpc) is 1.98. The van der Waals surface area contributed by atoms with Crippen LogP contribution in [-0.4, -0.2) is 6.21 Å². The highest BCUT2D eigenvalue weighted by Crippen LogP contribution is 2.15. The molecule has 0 saturated carbocycles. The van der Waals surface area contributed by atoms with Gasteiger partial charge in [0.1, 0.15) is 0 Å². The number of nitrogens with zero attached hydrogens (tertiary/aromatic N) is 1. The fourth-order valence-corrected chi connectivity index (χ4v) is 1.08. The van der Waals surface area contributed by atoms with Crippen LogP contribution < -0.4 is 5.84 Å². The predicted molar refractivity (Wildman–Crippen MR) is 50.7 cm³/mol. The summed E-state index contributed by atoms with van der Waals surface area (Å²) < 4.78 is 1.10. The summed E-state index contributed by atoms with van der Waals surface area (Å²) in [7, 11) is 0. The summed E-state index contributed by atoms with van der Waals surface area (Å²) in [5.74, 6) is 5.01. The van der Waals surface area contributed by atoms with Gasteiger partial charge in [0, 0.05) is 4.47 Å². The quantitative estimate of drug-likeness (QED) is 0.432. The van der Waals surface area contributed by atoms with Gasteiger partial charge in [0.25, 0.3) is 0 Å². The van der Waals surface area contributed by atoms with Gasteiger partial charge in [0.15, 0.2) is 0 Å². The molecule has 0 atom stereocenters. The van der Waals surface area contributed by atoms with Crippen molar-refractivity contribution in [3.63, 3.8) is 0 Å². The van der Waals surface area contributed by atoms with Crippen molar-refractivity contribution in [1.82, 2.24) is 0 Å². The predicted octanol–water partition coefficient (Wildman–Crippen LogP) is 2.05. The van der Waals surface area contributed by atoms with Crippen LogP contribution in [-0.2, 0) is 0 Å². The van der Waals surface area contributed by atoms with E-state index < -0.39 is 0 Å². The summed E-state index contributed by atoms with van der Waals surface area (Å²) in [5.41, 5.74) is 2.20. The number of hydrogen-bond acceptors (Lipinski definition) is 2. The smallest absolute Gasteiger partial charge is 0.0538 e. The molecule has 0 aliphatic heterocycles. The molecule has 1 aromatic rings. The van der Waals surface area contributed by atoms with E-state index in [1.807, 2.05) is 25.1 Å². The van der Waals surface area contributed by atoms with Crippen molar-refractivity contribution in [2.45, 2.75) is 6.92 Å². The first kappa shape index (κ1) is 8.27. The summed E-state index contributed by atoms with van der Waals surface area (Å²) >= 11 is 3.40. The van der Waals surface area contributed by atoms with Crippen LogP contribution in [0.15, 0.2) is 27.8 Å². The van der Waals surface area contributed by atoms with E-state index in [0.29, 0.717) is 0 Å². The van der Waals surface area contributed by atoms with Crippen LogP contribution in [0.25, 0.3) is 0 Å². The number of benzene rings is 1. The third kappa shape index (κ3) is 2.05. The molecule has 0 fully saturated rings. The fourth-order valence-electron chi connectivity index (χ4n) is 0.834. The Hall–Kier alpha value is -0.830. The van der Waals surface area contributed by atoms with E-state index in [9.17, 15) is 0 Å².